The highest BCUT2D eigenvalue weighted by molar-refractivity contribution is 5.36. The van der Waals surface area contributed by atoms with Crippen LogP contribution in [0, 0.1) is 0 Å². The molecule has 3 atom stereocenters. The highest BCUT2D eigenvalue weighted by atomic mass is 19.4. The Hall–Kier alpha value is -1.27. The maximum absolute atomic E-state index is 12.3. The predicted molar refractivity (Wildman–Crippen MR) is 61.7 cm³/mol. The van der Waals surface area contributed by atoms with Crippen molar-refractivity contribution in [3.63, 3.8) is 0 Å². The Bertz CT molecular complexity index is 433. The third-order valence-corrected chi connectivity index (χ3v) is 3.08. The molecule has 1 aromatic carbocycles. The summed E-state index contributed by atoms with van der Waals surface area (Å²) >= 11 is 0. The van der Waals surface area contributed by atoms with Gasteiger partial charge in [0.15, 0.2) is 0 Å². The van der Waals surface area contributed by atoms with Gasteiger partial charge in [-0.25, -0.2) is 0 Å². The number of halogens is 3. The summed E-state index contributed by atoms with van der Waals surface area (Å²) in [6.07, 6.45) is -4.99. The molecule has 0 aliphatic carbocycles. The van der Waals surface area contributed by atoms with E-state index in [1.165, 1.54) is 18.2 Å². The Kier molecular flexibility index (Phi) is 4.01. The Morgan fingerprint density at radius 1 is 1.32 bits per heavy atom. The van der Waals surface area contributed by atoms with Gasteiger partial charge in [0.2, 0.25) is 0 Å². The Labute approximate surface area is 108 Å². The first-order valence-electron chi connectivity index (χ1n) is 6.05. The molecule has 3 unspecified atom stereocenters. The molecule has 0 bridgehead atoms. The third-order valence-electron chi connectivity index (χ3n) is 3.08. The minimum Gasteiger partial charge on any atom is -0.405 e. The first-order chi connectivity index (χ1) is 8.87. The molecule has 0 saturated carbocycles. The molecule has 0 spiro atoms. The van der Waals surface area contributed by atoms with E-state index in [1.54, 1.807) is 6.07 Å². The molecule has 3 nitrogen and oxygen atoms in total. The summed E-state index contributed by atoms with van der Waals surface area (Å²) in [7, 11) is 0. The summed E-state index contributed by atoms with van der Waals surface area (Å²) in [5.74, 6) is -0.384. The highest BCUT2D eigenvalue weighted by Crippen LogP contribution is 2.36. The second kappa shape index (κ2) is 5.38. The van der Waals surface area contributed by atoms with Crippen LogP contribution in [-0.2, 0) is 4.74 Å². The van der Waals surface area contributed by atoms with Gasteiger partial charge in [-0.3, -0.25) is 0 Å². The van der Waals surface area contributed by atoms with Gasteiger partial charge in [0.05, 0.1) is 12.2 Å². The molecule has 2 rings (SSSR count). The van der Waals surface area contributed by atoms with Crippen molar-refractivity contribution in [2.45, 2.75) is 44.4 Å². The molecule has 1 saturated heterocycles. The molecule has 1 aliphatic heterocycles. The maximum atomic E-state index is 12.3. The van der Waals surface area contributed by atoms with Crippen molar-refractivity contribution in [3.8, 4) is 5.75 Å². The summed E-state index contributed by atoms with van der Waals surface area (Å²) in [5, 5.41) is 10.1. The topological polar surface area (TPSA) is 38.7 Å². The average Bonchev–Trinajstić information content (AvgIpc) is 2.74. The molecule has 1 heterocycles. The fraction of sp³-hybridized carbons (Fsp3) is 0.538. The van der Waals surface area contributed by atoms with E-state index in [0.29, 0.717) is 6.42 Å². The van der Waals surface area contributed by atoms with Gasteiger partial charge in [0, 0.05) is 5.56 Å². The van der Waals surface area contributed by atoms with Crippen LogP contribution in [0.1, 0.15) is 31.4 Å². The summed E-state index contributed by atoms with van der Waals surface area (Å²) in [4.78, 5) is 0. The highest BCUT2D eigenvalue weighted by Gasteiger charge is 2.35. The fourth-order valence-corrected chi connectivity index (χ4v) is 2.21. The molecular formula is C13H15F3O3. The molecule has 19 heavy (non-hydrogen) atoms. The lowest BCUT2D eigenvalue weighted by Gasteiger charge is -2.21. The van der Waals surface area contributed by atoms with Gasteiger partial charge in [-0.05, 0) is 25.8 Å². The monoisotopic (exact) mass is 276 g/mol. The second-order valence-electron chi connectivity index (χ2n) is 4.59. The number of para-hydroxylation sites is 1. The number of ether oxygens (including phenoxy) is 2. The SMILES string of the molecule is CC1CCC(C(O)c2ccccc2OC(F)(F)F)O1. The van der Waals surface area contributed by atoms with Crippen molar-refractivity contribution in [1.29, 1.82) is 0 Å². The quantitative estimate of drug-likeness (QED) is 0.921. The lowest BCUT2D eigenvalue weighted by atomic mass is 10.0. The van der Waals surface area contributed by atoms with Gasteiger partial charge in [-0.2, -0.15) is 0 Å². The average molecular weight is 276 g/mol. The normalized spacial score (nSPS) is 25.3. The van der Waals surface area contributed by atoms with Gasteiger partial charge >= 0.3 is 6.36 Å². The maximum Gasteiger partial charge on any atom is 0.573 e. The van der Waals surface area contributed by atoms with E-state index in [9.17, 15) is 18.3 Å². The van der Waals surface area contributed by atoms with Crippen LogP contribution in [0.4, 0.5) is 13.2 Å². The molecule has 106 valence electrons. The Morgan fingerprint density at radius 3 is 2.58 bits per heavy atom. The largest absolute Gasteiger partial charge is 0.573 e. The van der Waals surface area contributed by atoms with Gasteiger partial charge in [-0.15, -0.1) is 13.2 Å². The van der Waals surface area contributed by atoms with Gasteiger partial charge in [0.25, 0.3) is 0 Å². The van der Waals surface area contributed by atoms with Crippen LogP contribution < -0.4 is 4.74 Å². The van der Waals surface area contributed by atoms with Gasteiger partial charge in [0.1, 0.15) is 11.9 Å². The van der Waals surface area contributed by atoms with Crippen molar-refractivity contribution in [1.82, 2.24) is 0 Å². The van der Waals surface area contributed by atoms with Gasteiger partial charge < -0.3 is 14.6 Å². The van der Waals surface area contributed by atoms with E-state index < -0.39 is 18.6 Å². The predicted octanol–water partition coefficient (Wildman–Crippen LogP) is 3.19. The molecule has 0 aromatic heterocycles. The third kappa shape index (κ3) is 3.61. The summed E-state index contributed by atoms with van der Waals surface area (Å²) in [5.41, 5.74) is 0.0962. The van der Waals surface area contributed by atoms with E-state index in [2.05, 4.69) is 4.74 Å². The Morgan fingerprint density at radius 2 is 2.00 bits per heavy atom. The molecule has 1 N–H and O–H groups in total. The van der Waals surface area contributed by atoms with E-state index >= 15 is 0 Å². The summed E-state index contributed by atoms with van der Waals surface area (Å²) < 4.78 is 46.3. The zero-order valence-corrected chi connectivity index (χ0v) is 10.4. The number of aliphatic hydroxyl groups excluding tert-OH is 1. The van der Waals surface area contributed by atoms with Crippen molar-refractivity contribution in [2.75, 3.05) is 0 Å². The Balaban J connectivity index is 2.19. The molecular weight excluding hydrogens is 261 g/mol. The molecule has 6 heteroatoms. The summed E-state index contributed by atoms with van der Waals surface area (Å²) in [6, 6.07) is 5.58. The number of hydrogen-bond donors (Lipinski definition) is 1. The van der Waals surface area contributed by atoms with Gasteiger partial charge in [-0.1, -0.05) is 18.2 Å². The van der Waals surface area contributed by atoms with E-state index in [1.807, 2.05) is 6.92 Å². The number of alkyl halides is 3. The minimum atomic E-state index is -4.78. The van der Waals surface area contributed by atoms with Crippen LogP contribution in [0.3, 0.4) is 0 Å². The molecule has 0 amide bonds. The second-order valence-corrected chi connectivity index (χ2v) is 4.59. The lowest BCUT2D eigenvalue weighted by molar-refractivity contribution is -0.275. The van der Waals surface area contributed by atoms with Crippen LogP contribution in [0.2, 0.25) is 0 Å². The van der Waals surface area contributed by atoms with Crippen LogP contribution >= 0.6 is 0 Å². The summed E-state index contributed by atoms with van der Waals surface area (Å²) in [6.45, 7) is 1.87. The molecule has 1 aromatic rings. The fourth-order valence-electron chi connectivity index (χ4n) is 2.21. The lowest BCUT2D eigenvalue weighted by Crippen LogP contribution is -2.22. The standard InChI is InChI=1S/C13H15F3O3/c1-8-6-7-11(18-8)12(17)9-4-2-3-5-10(9)19-13(14,15)16/h2-5,8,11-12,17H,6-7H2,1H3. The van der Waals surface area contributed by atoms with Crippen LogP contribution in [0.25, 0.3) is 0 Å². The van der Waals surface area contributed by atoms with Crippen molar-refractivity contribution >= 4 is 0 Å². The zero-order valence-electron chi connectivity index (χ0n) is 10.4. The van der Waals surface area contributed by atoms with Crippen molar-refractivity contribution in [2.24, 2.45) is 0 Å². The number of rotatable bonds is 3. The number of hydrogen-bond acceptors (Lipinski definition) is 3. The molecule has 1 fully saturated rings. The van der Waals surface area contributed by atoms with Crippen LogP contribution in [0.15, 0.2) is 24.3 Å². The minimum absolute atomic E-state index is 0.00958. The molecule has 1 aliphatic rings. The van der Waals surface area contributed by atoms with E-state index in [-0.39, 0.29) is 17.4 Å². The zero-order chi connectivity index (χ0) is 14.0. The van der Waals surface area contributed by atoms with Crippen molar-refractivity contribution < 1.29 is 27.8 Å². The van der Waals surface area contributed by atoms with E-state index in [4.69, 9.17) is 4.74 Å². The van der Waals surface area contributed by atoms with E-state index in [0.717, 1.165) is 6.42 Å². The van der Waals surface area contributed by atoms with Crippen molar-refractivity contribution in [3.05, 3.63) is 29.8 Å². The van der Waals surface area contributed by atoms with Crippen LogP contribution in [-0.4, -0.2) is 23.7 Å². The molecule has 0 radical (unpaired) electrons. The smallest absolute Gasteiger partial charge is 0.405 e. The first-order valence-corrected chi connectivity index (χ1v) is 6.05. The van der Waals surface area contributed by atoms with Crippen LogP contribution in [0.5, 0.6) is 5.75 Å². The number of benzene rings is 1. The number of aliphatic hydroxyl groups is 1. The first kappa shape index (κ1) is 14.1.